The molecule has 2 heterocycles. The number of phenolic OH excluding ortho intramolecular Hbond substituents is 1. The van der Waals surface area contributed by atoms with Gasteiger partial charge in [0.1, 0.15) is 31.0 Å². The van der Waals surface area contributed by atoms with E-state index in [1.165, 1.54) is 6.07 Å². The van der Waals surface area contributed by atoms with Gasteiger partial charge >= 0.3 is 5.97 Å². The highest BCUT2D eigenvalue weighted by molar-refractivity contribution is 6.14. The van der Waals surface area contributed by atoms with Crippen LogP contribution in [-0.4, -0.2) is 68.8 Å². The van der Waals surface area contributed by atoms with Crippen LogP contribution in [-0.2, 0) is 16.1 Å². The van der Waals surface area contributed by atoms with Crippen molar-refractivity contribution in [2.45, 2.75) is 37.3 Å². The van der Waals surface area contributed by atoms with E-state index in [1.807, 2.05) is 30.3 Å². The van der Waals surface area contributed by atoms with Gasteiger partial charge in [0, 0.05) is 16.3 Å². The maximum Gasteiger partial charge on any atom is 0.339 e. The van der Waals surface area contributed by atoms with Gasteiger partial charge in [0.25, 0.3) is 0 Å². The lowest BCUT2D eigenvalue weighted by atomic mass is 9.90. The molecule has 5 atom stereocenters. The summed E-state index contributed by atoms with van der Waals surface area (Å²) < 4.78 is 16.6. The fourth-order valence-electron chi connectivity index (χ4n) is 4.37. The third-order valence-electron chi connectivity index (χ3n) is 6.04. The van der Waals surface area contributed by atoms with E-state index in [2.05, 4.69) is 0 Å². The minimum atomic E-state index is -1.67. The molecule has 172 valence electrons. The van der Waals surface area contributed by atoms with Crippen LogP contribution in [0.25, 0.3) is 21.9 Å². The molecule has 0 saturated carbocycles. The third kappa shape index (κ3) is 3.50. The van der Waals surface area contributed by atoms with Crippen molar-refractivity contribution in [2.24, 2.45) is 0 Å². The highest BCUT2D eigenvalue weighted by Gasteiger charge is 2.45. The van der Waals surface area contributed by atoms with Crippen LogP contribution < -0.4 is 4.74 Å². The third-order valence-corrected chi connectivity index (χ3v) is 6.04. The van der Waals surface area contributed by atoms with E-state index >= 15 is 0 Å². The van der Waals surface area contributed by atoms with Gasteiger partial charge in [-0.3, -0.25) is 0 Å². The van der Waals surface area contributed by atoms with Crippen molar-refractivity contribution in [3.63, 3.8) is 0 Å². The molecule has 2 aliphatic rings. The Labute approximate surface area is 188 Å². The Morgan fingerprint density at radius 2 is 1.67 bits per heavy atom. The monoisotopic (exact) mass is 454 g/mol. The molecule has 0 unspecified atom stereocenters. The molecule has 2 aliphatic heterocycles. The van der Waals surface area contributed by atoms with Gasteiger partial charge in [0.2, 0.25) is 6.29 Å². The molecule has 0 spiro atoms. The number of benzene rings is 3. The summed E-state index contributed by atoms with van der Waals surface area (Å²) in [5.74, 6) is -0.883. The van der Waals surface area contributed by atoms with Crippen molar-refractivity contribution in [2.75, 3.05) is 6.61 Å². The van der Waals surface area contributed by atoms with Crippen LogP contribution >= 0.6 is 0 Å². The first-order valence-electron chi connectivity index (χ1n) is 10.4. The molecule has 9 heteroatoms. The highest BCUT2D eigenvalue weighted by Crippen LogP contribution is 2.46. The Kier molecular flexibility index (Phi) is 5.43. The number of hydrogen-bond acceptors (Lipinski definition) is 9. The Bertz CT molecular complexity index is 1210. The Morgan fingerprint density at radius 3 is 2.39 bits per heavy atom. The number of esters is 1. The van der Waals surface area contributed by atoms with Crippen molar-refractivity contribution in [3.8, 4) is 22.6 Å². The van der Waals surface area contributed by atoms with E-state index in [0.29, 0.717) is 27.5 Å². The fourth-order valence-corrected chi connectivity index (χ4v) is 4.37. The minimum absolute atomic E-state index is 0.0333. The zero-order valence-corrected chi connectivity index (χ0v) is 17.3. The first-order valence-corrected chi connectivity index (χ1v) is 10.4. The maximum atomic E-state index is 12.4. The number of aliphatic hydroxyl groups is 4. The second-order valence-corrected chi connectivity index (χ2v) is 8.05. The molecular weight excluding hydrogens is 432 g/mol. The van der Waals surface area contributed by atoms with Gasteiger partial charge < -0.3 is 39.7 Å². The molecule has 9 nitrogen and oxygen atoms in total. The summed E-state index contributed by atoms with van der Waals surface area (Å²) >= 11 is 0. The van der Waals surface area contributed by atoms with E-state index in [-0.39, 0.29) is 18.1 Å². The van der Waals surface area contributed by atoms with Gasteiger partial charge in [0.15, 0.2) is 11.5 Å². The summed E-state index contributed by atoms with van der Waals surface area (Å²) in [5.41, 5.74) is 2.32. The first kappa shape index (κ1) is 21.6. The zero-order valence-electron chi connectivity index (χ0n) is 17.3. The predicted molar refractivity (Wildman–Crippen MR) is 115 cm³/mol. The van der Waals surface area contributed by atoms with Crippen LogP contribution in [0, 0.1) is 0 Å². The Balaban J connectivity index is 1.71. The number of cyclic esters (lactones) is 1. The molecule has 33 heavy (non-hydrogen) atoms. The predicted octanol–water partition coefficient (Wildman–Crippen LogP) is 1.06. The second-order valence-electron chi connectivity index (χ2n) is 8.05. The van der Waals surface area contributed by atoms with Gasteiger partial charge in [0.05, 0.1) is 12.2 Å². The van der Waals surface area contributed by atoms with E-state index in [9.17, 15) is 30.3 Å². The second kappa shape index (κ2) is 8.29. The van der Waals surface area contributed by atoms with Gasteiger partial charge in [-0.15, -0.1) is 0 Å². The molecule has 3 aromatic rings. The van der Waals surface area contributed by atoms with E-state index < -0.39 is 43.3 Å². The fraction of sp³-hybridized carbons (Fsp3) is 0.292. The molecule has 0 aromatic heterocycles. The normalized spacial score (nSPS) is 26.8. The van der Waals surface area contributed by atoms with E-state index in [1.54, 1.807) is 12.1 Å². The van der Waals surface area contributed by atoms with Crippen molar-refractivity contribution >= 4 is 16.7 Å². The smallest absolute Gasteiger partial charge is 0.339 e. The maximum absolute atomic E-state index is 12.4. The summed E-state index contributed by atoms with van der Waals surface area (Å²) in [4.78, 5) is 12.4. The lowest BCUT2D eigenvalue weighted by Gasteiger charge is -2.39. The highest BCUT2D eigenvalue weighted by atomic mass is 16.7. The molecule has 0 amide bonds. The lowest BCUT2D eigenvalue weighted by Crippen LogP contribution is -2.60. The van der Waals surface area contributed by atoms with Crippen molar-refractivity contribution < 1.29 is 44.5 Å². The number of carbonyl (C=O) groups is 1. The number of aromatic hydroxyl groups is 1. The van der Waals surface area contributed by atoms with Crippen LogP contribution in [0.3, 0.4) is 0 Å². The van der Waals surface area contributed by atoms with Gasteiger partial charge in [-0.05, 0) is 23.3 Å². The van der Waals surface area contributed by atoms with Crippen LogP contribution in [0.15, 0.2) is 48.5 Å². The van der Waals surface area contributed by atoms with Crippen molar-refractivity contribution in [1.82, 2.24) is 0 Å². The van der Waals surface area contributed by atoms with Crippen LogP contribution in [0.1, 0.15) is 15.9 Å². The summed E-state index contributed by atoms with van der Waals surface area (Å²) in [6, 6.07) is 14.0. The largest absolute Gasteiger partial charge is 0.504 e. The summed E-state index contributed by atoms with van der Waals surface area (Å²) in [7, 11) is 0. The Hall–Kier alpha value is -3.21. The molecule has 0 aliphatic carbocycles. The number of rotatable bonds is 4. The summed E-state index contributed by atoms with van der Waals surface area (Å²) in [6.45, 7) is -0.657. The molecule has 1 saturated heterocycles. The van der Waals surface area contributed by atoms with Crippen molar-refractivity contribution in [1.29, 1.82) is 0 Å². The van der Waals surface area contributed by atoms with Gasteiger partial charge in [-0.2, -0.15) is 0 Å². The van der Waals surface area contributed by atoms with Crippen LogP contribution in [0.4, 0.5) is 0 Å². The Morgan fingerprint density at radius 1 is 0.939 bits per heavy atom. The van der Waals surface area contributed by atoms with Crippen LogP contribution in [0.5, 0.6) is 11.5 Å². The molecule has 1 fully saturated rings. The topological polar surface area (TPSA) is 146 Å². The quantitative estimate of drug-likeness (QED) is 0.365. The van der Waals surface area contributed by atoms with Crippen LogP contribution in [0.2, 0.25) is 0 Å². The molecule has 5 N–H and O–H groups in total. The molecule has 5 rings (SSSR count). The number of phenols is 1. The molecule has 0 radical (unpaired) electrons. The van der Waals surface area contributed by atoms with E-state index in [0.717, 1.165) is 5.56 Å². The standard InChI is InChI=1S/C24H22O9/c25-9-16-19(27)20(28)21(29)24(32-16)33-22-15(26)8-12-10-31-23(30)14-7-6-13(18(22)17(12)14)11-4-2-1-3-5-11/h1-8,16,19-21,24-29H,9-10H2/t16-,19-,20+,21-,24+/m1/s1. The van der Waals surface area contributed by atoms with Crippen molar-refractivity contribution in [3.05, 3.63) is 59.7 Å². The first-order chi connectivity index (χ1) is 15.9. The van der Waals surface area contributed by atoms with Gasteiger partial charge in [-0.25, -0.2) is 4.79 Å². The number of ether oxygens (including phenoxy) is 3. The zero-order chi connectivity index (χ0) is 23.3. The average Bonchev–Trinajstić information content (AvgIpc) is 2.83. The number of aliphatic hydroxyl groups excluding tert-OH is 4. The molecule has 3 aromatic carbocycles. The average molecular weight is 454 g/mol. The van der Waals surface area contributed by atoms with Gasteiger partial charge in [-0.1, -0.05) is 36.4 Å². The number of carbonyl (C=O) groups excluding carboxylic acids is 1. The minimum Gasteiger partial charge on any atom is -0.504 e. The molecular formula is C24H22O9. The number of hydrogen-bond donors (Lipinski definition) is 5. The molecule has 0 bridgehead atoms. The lowest BCUT2D eigenvalue weighted by molar-refractivity contribution is -0.277. The SMILES string of the molecule is O=C1OCc2cc(O)c(O[C@@H]3O[C@H](CO)[C@@H](O)[C@H](O)[C@H]3O)c3c(-c4ccccc4)ccc1c23. The van der Waals surface area contributed by atoms with E-state index in [4.69, 9.17) is 14.2 Å². The summed E-state index contributed by atoms with van der Waals surface area (Å²) in [6.07, 6.45) is -7.56. The summed E-state index contributed by atoms with van der Waals surface area (Å²) in [5, 5.41) is 51.9.